The topological polar surface area (TPSA) is 60.2 Å². The first-order valence-electron chi connectivity index (χ1n) is 6.16. The summed E-state index contributed by atoms with van der Waals surface area (Å²) in [7, 11) is 0. The predicted octanol–water partition coefficient (Wildman–Crippen LogP) is 2.58. The normalized spacial score (nSPS) is 10.2. The summed E-state index contributed by atoms with van der Waals surface area (Å²) in [5, 5.41) is 0. The van der Waals surface area contributed by atoms with Crippen LogP contribution in [0.5, 0.6) is 0 Å². The molecule has 0 saturated carbocycles. The van der Waals surface area contributed by atoms with Gasteiger partial charge in [-0.3, -0.25) is 9.59 Å². The van der Waals surface area contributed by atoms with Crippen molar-refractivity contribution < 1.29 is 9.59 Å². The van der Waals surface area contributed by atoms with Gasteiger partial charge in [-0.25, -0.2) is 0 Å². The van der Waals surface area contributed by atoms with Crippen LogP contribution in [0.1, 0.15) is 38.8 Å². The zero-order valence-electron chi connectivity index (χ0n) is 10.7. The van der Waals surface area contributed by atoms with Crippen molar-refractivity contribution in [3.8, 4) is 0 Å². The maximum Gasteiger partial charge on any atom is 0.249 e. The average Bonchev–Trinajstić information content (AvgIpc) is 2.46. The van der Waals surface area contributed by atoms with E-state index in [1.54, 1.807) is 36.4 Å². The van der Waals surface area contributed by atoms with Crippen molar-refractivity contribution in [2.24, 2.45) is 5.73 Å². The van der Waals surface area contributed by atoms with Crippen molar-refractivity contribution in [3.05, 3.63) is 70.8 Å². The molecule has 1 amide bonds. The van der Waals surface area contributed by atoms with Crippen molar-refractivity contribution in [1.29, 1.82) is 0 Å². The van der Waals surface area contributed by atoms with E-state index in [1.807, 2.05) is 19.1 Å². The van der Waals surface area contributed by atoms with E-state index in [9.17, 15) is 9.59 Å². The van der Waals surface area contributed by atoms with Gasteiger partial charge >= 0.3 is 0 Å². The molecule has 0 aliphatic carbocycles. The average molecular weight is 253 g/mol. The molecular formula is C16H15NO2. The summed E-state index contributed by atoms with van der Waals surface area (Å²) in [5.74, 6) is -0.735. The Morgan fingerprint density at radius 3 is 2.26 bits per heavy atom. The number of benzene rings is 2. The largest absolute Gasteiger partial charge is 0.366 e. The van der Waals surface area contributed by atoms with E-state index in [0.29, 0.717) is 17.5 Å². The van der Waals surface area contributed by atoms with E-state index in [-0.39, 0.29) is 11.3 Å². The van der Waals surface area contributed by atoms with Crippen molar-refractivity contribution in [2.75, 3.05) is 0 Å². The highest BCUT2D eigenvalue weighted by Crippen LogP contribution is 2.19. The van der Waals surface area contributed by atoms with E-state index >= 15 is 0 Å². The molecule has 3 nitrogen and oxygen atoms in total. The van der Waals surface area contributed by atoms with Crippen LogP contribution in [0.3, 0.4) is 0 Å². The fourth-order valence-corrected chi connectivity index (χ4v) is 2.10. The van der Waals surface area contributed by atoms with Gasteiger partial charge in [0.25, 0.3) is 0 Å². The molecule has 2 aromatic carbocycles. The van der Waals surface area contributed by atoms with E-state index in [2.05, 4.69) is 0 Å². The van der Waals surface area contributed by atoms with Crippen LogP contribution in [0.4, 0.5) is 0 Å². The zero-order valence-corrected chi connectivity index (χ0v) is 10.7. The highest BCUT2D eigenvalue weighted by molar-refractivity contribution is 6.15. The predicted molar refractivity (Wildman–Crippen MR) is 74.2 cm³/mol. The van der Waals surface area contributed by atoms with Gasteiger partial charge in [-0.05, 0) is 18.1 Å². The van der Waals surface area contributed by atoms with Gasteiger partial charge in [0.15, 0.2) is 5.78 Å². The fourth-order valence-electron chi connectivity index (χ4n) is 2.10. The molecule has 0 atom stereocenters. The molecule has 0 heterocycles. The van der Waals surface area contributed by atoms with Gasteiger partial charge in [0.1, 0.15) is 0 Å². The quantitative estimate of drug-likeness (QED) is 0.851. The molecule has 0 unspecified atom stereocenters. The molecule has 0 radical (unpaired) electrons. The maximum atomic E-state index is 12.5. The minimum absolute atomic E-state index is 0.160. The number of hydrogen-bond acceptors (Lipinski definition) is 2. The Bertz CT molecular complexity index is 618. The van der Waals surface area contributed by atoms with Crippen LogP contribution in [-0.2, 0) is 6.42 Å². The number of primary amides is 1. The molecule has 3 heteroatoms. The summed E-state index contributed by atoms with van der Waals surface area (Å²) < 4.78 is 0. The first-order chi connectivity index (χ1) is 9.15. The first kappa shape index (κ1) is 13.0. The summed E-state index contributed by atoms with van der Waals surface area (Å²) in [6.45, 7) is 1.95. The third-order valence-electron chi connectivity index (χ3n) is 3.06. The van der Waals surface area contributed by atoms with Gasteiger partial charge in [0, 0.05) is 11.1 Å². The molecule has 0 aromatic heterocycles. The first-order valence-corrected chi connectivity index (χ1v) is 6.16. The molecule has 19 heavy (non-hydrogen) atoms. The van der Waals surface area contributed by atoms with Crippen LogP contribution >= 0.6 is 0 Å². The van der Waals surface area contributed by atoms with Gasteiger partial charge in [-0.1, -0.05) is 49.4 Å². The second-order valence-corrected chi connectivity index (χ2v) is 4.25. The number of rotatable bonds is 4. The lowest BCUT2D eigenvalue weighted by molar-refractivity contribution is 0.0980. The lowest BCUT2D eigenvalue weighted by Crippen LogP contribution is -2.18. The van der Waals surface area contributed by atoms with Gasteiger partial charge in [-0.15, -0.1) is 0 Å². The van der Waals surface area contributed by atoms with Crippen LogP contribution in [-0.4, -0.2) is 11.7 Å². The number of nitrogens with two attached hydrogens (primary N) is 1. The second-order valence-electron chi connectivity index (χ2n) is 4.25. The molecule has 0 spiro atoms. The highest BCUT2D eigenvalue weighted by atomic mass is 16.1. The number of amides is 1. The summed E-state index contributed by atoms with van der Waals surface area (Å²) in [6.07, 6.45) is 0.676. The zero-order chi connectivity index (χ0) is 13.8. The molecule has 0 saturated heterocycles. The smallest absolute Gasteiger partial charge is 0.249 e. The maximum absolute atomic E-state index is 12.5. The minimum atomic E-state index is -0.574. The minimum Gasteiger partial charge on any atom is -0.366 e. The monoisotopic (exact) mass is 253 g/mol. The van der Waals surface area contributed by atoms with Crippen LogP contribution in [0.15, 0.2) is 48.5 Å². The van der Waals surface area contributed by atoms with Gasteiger partial charge in [0.05, 0.1) is 5.56 Å². The lowest BCUT2D eigenvalue weighted by atomic mass is 9.92. The Balaban J connectivity index is 2.61. The fraction of sp³-hybridized carbons (Fsp3) is 0.125. The number of hydrogen-bond donors (Lipinski definition) is 1. The van der Waals surface area contributed by atoms with Crippen molar-refractivity contribution in [2.45, 2.75) is 13.3 Å². The number of aryl methyl sites for hydroxylation is 1. The molecule has 2 N–H and O–H groups in total. The Labute approximate surface area is 112 Å². The lowest BCUT2D eigenvalue weighted by Gasteiger charge is -2.11. The Hall–Kier alpha value is -2.42. The van der Waals surface area contributed by atoms with Crippen molar-refractivity contribution >= 4 is 11.7 Å². The Kier molecular flexibility index (Phi) is 3.76. The molecule has 2 rings (SSSR count). The summed E-state index contributed by atoms with van der Waals surface area (Å²) >= 11 is 0. The number of carbonyl (C=O) groups excluding carboxylic acids is 2. The SMILES string of the molecule is CCc1cccc(C(N)=O)c1C(=O)c1ccccc1. The second kappa shape index (κ2) is 5.48. The molecular weight excluding hydrogens is 238 g/mol. The third-order valence-corrected chi connectivity index (χ3v) is 3.06. The summed E-state index contributed by atoms with van der Waals surface area (Å²) in [6, 6.07) is 14.1. The third kappa shape index (κ3) is 2.55. The van der Waals surface area contributed by atoms with Crippen LogP contribution in [0, 0.1) is 0 Å². The van der Waals surface area contributed by atoms with Gasteiger partial charge in [-0.2, -0.15) is 0 Å². The van der Waals surface area contributed by atoms with Gasteiger partial charge < -0.3 is 5.73 Å². The summed E-state index contributed by atoms with van der Waals surface area (Å²) in [5.41, 5.74) is 7.47. The van der Waals surface area contributed by atoms with E-state index in [0.717, 1.165) is 5.56 Å². The van der Waals surface area contributed by atoms with Crippen molar-refractivity contribution in [1.82, 2.24) is 0 Å². The van der Waals surface area contributed by atoms with E-state index in [4.69, 9.17) is 5.73 Å². The molecule has 0 aliphatic heterocycles. The van der Waals surface area contributed by atoms with Gasteiger partial charge in [0.2, 0.25) is 5.91 Å². The standard InChI is InChI=1S/C16H15NO2/c1-2-11-9-6-10-13(16(17)19)14(11)15(18)12-7-4-3-5-8-12/h3-10H,2H2,1H3,(H2,17,19). The highest BCUT2D eigenvalue weighted by Gasteiger charge is 2.19. The van der Waals surface area contributed by atoms with Crippen LogP contribution in [0.2, 0.25) is 0 Å². The Morgan fingerprint density at radius 2 is 1.68 bits per heavy atom. The molecule has 96 valence electrons. The molecule has 0 fully saturated rings. The van der Waals surface area contributed by atoms with Crippen molar-refractivity contribution in [3.63, 3.8) is 0 Å². The van der Waals surface area contributed by atoms with Crippen LogP contribution in [0.25, 0.3) is 0 Å². The Morgan fingerprint density at radius 1 is 1.00 bits per heavy atom. The number of ketones is 1. The number of carbonyl (C=O) groups is 2. The molecule has 0 aliphatic rings. The van der Waals surface area contributed by atoms with E-state index in [1.165, 1.54) is 0 Å². The van der Waals surface area contributed by atoms with Crippen LogP contribution < -0.4 is 5.73 Å². The molecule has 0 bridgehead atoms. The van der Waals surface area contributed by atoms with E-state index < -0.39 is 5.91 Å². The molecule has 2 aromatic rings. The summed E-state index contributed by atoms with van der Waals surface area (Å²) in [4.78, 5) is 24.0.